The Morgan fingerprint density at radius 3 is 2.69 bits per heavy atom. The minimum Gasteiger partial charge on any atom is -0.371 e. The summed E-state index contributed by atoms with van der Waals surface area (Å²) in [5.41, 5.74) is 2.01. The van der Waals surface area contributed by atoms with Gasteiger partial charge in [0.15, 0.2) is 0 Å². The fourth-order valence-electron chi connectivity index (χ4n) is 4.86. The molecule has 6 nitrogen and oxygen atoms in total. The Kier molecular flexibility index (Phi) is 6.08. The number of nitrogens with zero attached hydrogens (tertiary/aromatic N) is 3. The molecule has 2 saturated heterocycles. The Labute approximate surface area is 192 Å². The van der Waals surface area contributed by atoms with Crippen molar-refractivity contribution in [3.8, 4) is 0 Å². The van der Waals surface area contributed by atoms with Crippen molar-refractivity contribution >= 4 is 45.3 Å². The maximum atomic E-state index is 13.2. The van der Waals surface area contributed by atoms with Gasteiger partial charge in [0.1, 0.15) is 0 Å². The van der Waals surface area contributed by atoms with Crippen LogP contribution in [0.3, 0.4) is 0 Å². The predicted octanol–water partition coefficient (Wildman–Crippen LogP) is 4.78. The molecule has 0 spiro atoms. The molecule has 4 heterocycles. The first-order chi connectivity index (χ1) is 15.7. The molecule has 1 N–H and O–H groups in total. The van der Waals surface area contributed by atoms with Gasteiger partial charge in [-0.1, -0.05) is 6.07 Å². The molecule has 0 radical (unpaired) electrons. The molecule has 3 aromatic rings. The van der Waals surface area contributed by atoms with Crippen LogP contribution < -0.4 is 10.2 Å². The molecular weight excluding hydrogens is 420 g/mol. The van der Waals surface area contributed by atoms with E-state index < -0.39 is 0 Å². The van der Waals surface area contributed by atoms with Crippen LogP contribution in [0.4, 0.5) is 11.4 Å². The van der Waals surface area contributed by atoms with Gasteiger partial charge < -0.3 is 15.1 Å². The second-order valence-corrected chi connectivity index (χ2v) is 9.61. The summed E-state index contributed by atoms with van der Waals surface area (Å²) in [7, 11) is 0. The highest BCUT2D eigenvalue weighted by Gasteiger charge is 2.29. The van der Waals surface area contributed by atoms with Gasteiger partial charge in [-0.05, 0) is 61.7 Å². The van der Waals surface area contributed by atoms with Gasteiger partial charge in [0, 0.05) is 55.0 Å². The van der Waals surface area contributed by atoms with Gasteiger partial charge in [0.25, 0.3) is 5.91 Å². The summed E-state index contributed by atoms with van der Waals surface area (Å²) in [5, 5.41) is 7.14. The van der Waals surface area contributed by atoms with Gasteiger partial charge in [-0.15, -0.1) is 11.3 Å². The number of hydrogen-bond donors (Lipinski definition) is 1. The highest BCUT2D eigenvalue weighted by molar-refractivity contribution is 7.12. The van der Waals surface area contributed by atoms with Crippen LogP contribution in [0.15, 0.2) is 48.1 Å². The molecule has 1 aromatic carbocycles. The fraction of sp³-hybridized carbons (Fsp3) is 0.400. The smallest absolute Gasteiger partial charge is 0.263 e. The van der Waals surface area contributed by atoms with E-state index in [2.05, 4.69) is 21.3 Å². The maximum absolute atomic E-state index is 13.2. The standard InChI is InChI=1S/C25H28N4O2S/c30-24(18-6-4-14-29(17-18)25(31)23-7-5-15-32-23)27-21-8-9-22(28-12-2-1-3-13-28)19-10-11-26-16-20(19)21/h5,7-11,15-16,18H,1-4,6,12-14,17H2,(H,27,30)/t18-/m0/s1. The van der Waals surface area contributed by atoms with Crippen LogP contribution in [-0.2, 0) is 4.79 Å². The topological polar surface area (TPSA) is 65.5 Å². The third kappa shape index (κ3) is 4.21. The minimum atomic E-state index is -0.207. The second-order valence-electron chi connectivity index (χ2n) is 8.66. The van der Waals surface area contributed by atoms with Crippen LogP contribution in [0.1, 0.15) is 41.8 Å². The Bertz CT molecular complexity index is 1110. The third-order valence-corrected chi connectivity index (χ3v) is 7.42. The summed E-state index contributed by atoms with van der Waals surface area (Å²) in [6.45, 7) is 3.31. The average Bonchev–Trinajstić information content (AvgIpc) is 3.39. The van der Waals surface area contributed by atoms with Crippen molar-refractivity contribution in [2.75, 3.05) is 36.4 Å². The lowest BCUT2D eigenvalue weighted by atomic mass is 9.96. The first kappa shape index (κ1) is 20.9. The van der Waals surface area contributed by atoms with Crippen molar-refractivity contribution in [2.45, 2.75) is 32.1 Å². The van der Waals surface area contributed by atoms with E-state index in [9.17, 15) is 9.59 Å². The highest BCUT2D eigenvalue weighted by atomic mass is 32.1. The van der Waals surface area contributed by atoms with Gasteiger partial charge in [-0.2, -0.15) is 0 Å². The number of rotatable bonds is 4. The minimum absolute atomic E-state index is 0.0236. The normalized spacial score (nSPS) is 19.2. The predicted molar refractivity (Wildman–Crippen MR) is 129 cm³/mol. The number of benzene rings is 1. The van der Waals surface area contributed by atoms with E-state index >= 15 is 0 Å². The molecule has 2 aromatic heterocycles. The molecule has 2 amide bonds. The molecule has 7 heteroatoms. The molecule has 2 aliphatic rings. The molecule has 5 rings (SSSR count). The SMILES string of the molecule is O=C(Nc1ccc(N2CCCCC2)c2ccncc12)[C@H]1CCCN(C(=O)c2cccs2)C1. The number of hydrogen-bond acceptors (Lipinski definition) is 5. The van der Waals surface area contributed by atoms with Crippen molar-refractivity contribution in [1.29, 1.82) is 0 Å². The summed E-state index contributed by atoms with van der Waals surface area (Å²) in [6, 6.07) is 9.90. The summed E-state index contributed by atoms with van der Waals surface area (Å²) >= 11 is 1.45. The number of nitrogens with one attached hydrogen (secondary N) is 1. The zero-order valence-electron chi connectivity index (χ0n) is 18.1. The number of pyridine rings is 1. The van der Waals surface area contributed by atoms with Crippen LogP contribution in [0, 0.1) is 5.92 Å². The number of amides is 2. The molecule has 0 aliphatic carbocycles. The molecule has 0 saturated carbocycles. The van der Waals surface area contributed by atoms with E-state index in [1.807, 2.05) is 46.9 Å². The second kappa shape index (κ2) is 9.28. The Morgan fingerprint density at radius 2 is 1.88 bits per heavy atom. The van der Waals surface area contributed by atoms with Gasteiger partial charge in [0.2, 0.25) is 5.91 Å². The highest BCUT2D eigenvalue weighted by Crippen LogP contribution is 2.34. The Balaban J connectivity index is 1.34. The van der Waals surface area contributed by atoms with Crippen LogP contribution in [0.5, 0.6) is 0 Å². The van der Waals surface area contributed by atoms with Crippen molar-refractivity contribution in [2.24, 2.45) is 5.92 Å². The van der Waals surface area contributed by atoms with Crippen molar-refractivity contribution in [3.63, 3.8) is 0 Å². The molecule has 0 bridgehead atoms. The van der Waals surface area contributed by atoms with Crippen LogP contribution >= 0.6 is 11.3 Å². The summed E-state index contributed by atoms with van der Waals surface area (Å²) in [6.07, 6.45) is 9.01. The molecule has 32 heavy (non-hydrogen) atoms. The van der Waals surface area contributed by atoms with Crippen LogP contribution in [0.25, 0.3) is 10.8 Å². The number of piperidine rings is 2. The van der Waals surface area contributed by atoms with Crippen molar-refractivity contribution in [1.82, 2.24) is 9.88 Å². The zero-order valence-corrected chi connectivity index (χ0v) is 18.9. The number of anilines is 2. The molecule has 166 valence electrons. The van der Waals surface area contributed by atoms with Gasteiger partial charge in [-0.25, -0.2) is 0 Å². The van der Waals surface area contributed by atoms with Crippen molar-refractivity contribution in [3.05, 3.63) is 53.0 Å². The molecule has 2 fully saturated rings. The number of likely N-dealkylation sites (tertiary alicyclic amines) is 1. The third-order valence-electron chi connectivity index (χ3n) is 6.56. The lowest BCUT2D eigenvalue weighted by Gasteiger charge is -2.32. The van der Waals surface area contributed by atoms with Crippen LogP contribution in [-0.4, -0.2) is 47.9 Å². The van der Waals surface area contributed by atoms with Crippen LogP contribution in [0.2, 0.25) is 0 Å². The lowest BCUT2D eigenvalue weighted by molar-refractivity contribution is -0.121. The van der Waals surface area contributed by atoms with E-state index in [4.69, 9.17) is 0 Å². The number of aromatic nitrogens is 1. The zero-order chi connectivity index (χ0) is 21.9. The van der Waals surface area contributed by atoms with Crippen molar-refractivity contribution < 1.29 is 9.59 Å². The number of fused-ring (bicyclic) bond motifs is 1. The monoisotopic (exact) mass is 448 g/mol. The van der Waals surface area contributed by atoms with Gasteiger partial charge >= 0.3 is 0 Å². The average molecular weight is 449 g/mol. The quantitative estimate of drug-likeness (QED) is 0.624. The van der Waals surface area contributed by atoms with Gasteiger partial charge in [-0.3, -0.25) is 14.6 Å². The van der Waals surface area contributed by atoms with E-state index in [0.717, 1.165) is 47.3 Å². The molecule has 0 unspecified atom stereocenters. The number of thiophene rings is 1. The summed E-state index contributed by atoms with van der Waals surface area (Å²) < 4.78 is 0. The summed E-state index contributed by atoms with van der Waals surface area (Å²) in [4.78, 5) is 35.2. The van der Waals surface area contributed by atoms with E-state index in [0.29, 0.717) is 13.1 Å². The Morgan fingerprint density at radius 1 is 1.00 bits per heavy atom. The van der Waals surface area contributed by atoms with E-state index in [-0.39, 0.29) is 17.7 Å². The van der Waals surface area contributed by atoms with E-state index in [1.54, 1.807) is 0 Å². The molecular formula is C25H28N4O2S. The first-order valence-electron chi connectivity index (χ1n) is 11.5. The molecule has 1 atom stereocenters. The summed E-state index contributed by atoms with van der Waals surface area (Å²) in [5.74, 6) is -0.205. The van der Waals surface area contributed by atoms with E-state index in [1.165, 1.54) is 36.3 Å². The number of carbonyl (C=O) groups is 2. The largest absolute Gasteiger partial charge is 0.371 e. The van der Waals surface area contributed by atoms with Gasteiger partial charge in [0.05, 0.1) is 16.5 Å². The lowest BCUT2D eigenvalue weighted by Crippen LogP contribution is -2.43. The molecule has 2 aliphatic heterocycles. The fourth-order valence-corrected chi connectivity index (χ4v) is 5.55. The first-order valence-corrected chi connectivity index (χ1v) is 12.3. The number of carbonyl (C=O) groups excluding carboxylic acids is 2. The Hall–Kier alpha value is -2.93. The maximum Gasteiger partial charge on any atom is 0.263 e.